The van der Waals surface area contributed by atoms with E-state index < -0.39 is 6.29 Å². The van der Waals surface area contributed by atoms with Crippen molar-refractivity contribution >= 4 is 28.7 Å². The van der Waals surface area contributed by atoms with Crippen LogP contribution in [0.15, 0.2) is 42.5 Å². The van der Waals surface area contributed by atoms with Crippen molar-refractivity contribution in [2.75, 3.05) is 27.3 Å². The third-order valence-corrected chi connectivity index (χ3v) is 7.76. The predicted octanol–water partition coefficient (Wildman–Crippen LogP) is 4.40. The number of hydroxylamine groups is 1. The molecule has 1 aromatic heterocycles. The van der Waals surface area contributed by atoms with Gasteiger partial charge in [-0.05, 0) is 54.3 Å². The number of carbonyl (C=O) groups excluding carboxylic acids is 3. The number of hydrogen-bond acceptors (Lipinski definition) is 6. The van der Waals surface area contributed by atoms with Crippen molar-refractivity contribution in [1.29, 1.82) is 0 Å². The molecule has 0 aliphatic carbocycles. The lowest BCUT2D eigenvalue weighted by Crippen LogP contribution is -2.46. The van der Waals surface area contributed by atoms with Crippen LogP contribution >= 0.6 is 0 Å². The highest BCUT2D eigenvalue weighted by atomic mass is 16.8. The van der Waals surface area contributed by atoms with Gasteiger partial charge in [0.1, 0.15) is 5.75 Å². The van der Waals surface area contributed by atoms with E-state index >= 15 is 0 Å². The van der Waals surface area contributed by atoms with Crippen molar-refractivity contribution in [2.45, 2.75) is 58.4 Å². The molecule has 4 amide bonds. The number of urea groups is 1. The summed E-state index contributed by atoms with van der Waals surface area (Å²) >= 11 is 0. The van der Waals surface area contributed by atoms with Crippen LogP contribution < -0.4 is 10.2 Å². The molecule has 10 heteroatoms. The number of nitrogens with zero attached hydrogens (tertiary/aromatic N) is 3. The summed E-state index contributed by atoms with van der Waals surface area (Å²) in [5.74, 6) is 0.206. The summed E-state index contributed by atoms with van der Waals surface area (Å²) in [4.78, 5) is 45.9. The van der Waals surface area contributed by atoms with Gasteiger partial charge in [0.05, 0.1) is 13.7 Å². The Bertz CT molecular complexity index is 1410. The molecule has 212 valence electrons. The standard InChI is InChI=1S/C30H36N4O6/c1-19-16-33(30(37)32(3)20(2)35)18-26-28(19)24-15-23(38-4)12-13-25(24)34(26)17-21-8-10-22(11-9-21)29(36)31-40-27-7-5-6-14-39-27/h8-13,15,19,27H,5-7,14,16-18H2,1-4H3,(H,31,36). The number of ether oxygens (including phenoxy) is 2. The summed E-state index contributed by atoms with van der Waals surface area (Å²) in [6.45, 7) is 5.57. The van der Waals surface area contributed by atoms with Crippen molar-refractivity contribution in [3.8, 4) is 5.75 Å². The number of imide groups is 1. The SMILES string of the molecule is COc1ccc2c(c1)c1c(n2Cc2ccc(C(=O)NOC3CCCCO3)cc2)CN(C(=O)N(C)C(C)=O)CC1C. The van der Waals surface area contributed by atoms with Crippen molar-refractivity contribution in [3.05, 3.63) is 64.8 Å². The topological polar surface area (TPSA) is 102 Å². The first-order chi connectivity index (χ1) is 19.3. The molecule has 2 aromatic carbocycles. The molecule has 2 unspecified atom stereocenters. The summed E-state index contributed by atoms with van der Waals surface area (Å²) in [7, 11) is 3.16. The molecule has 0 bridgehead atoms. The van der Waals surface area contributed by atoms with Gasteiger partial charge < -0.3 is 18.9 Å². The number of fused-ring (bicyclic) bond motifs is 3. The zero-order valence-corrected chi connectivity index (χ0v) is 23.4. The number of hydrogen-bond donors (Lipinski definition) is 1. The zero-order valence-electron chi connectivity index (χ0n) is 23.4. The van der Waals surface area contributed by atoms with Crippen LogP contribution in [0.25, 0.3) is 10.9 Å². The number of aromatic nitrogens is 1. The lowest BCUT2D eigenvalue weighted by molar-refractivity contribution is -0.186. The quantitative estimate of drug-likeness (QED) is 0.458. The van der Waals surface area contributed by atoms with E-state index in [2.05, 4.69) is 17.0 Å². The highest BCUT2D eigenvalue weighted by Gasteiger charge is 2.33. The van der Waals surface area contributed by atoms with Crippen LogP contribution in [0.3, 0.4) is 0 Å². The fourth-order valence-corrected chi connectivity index (χ4v) is 5.53. The lowest BCUT2D eigenvalue weighted by atomic mass is 9.93. The smallest absolute Gasteiger partial charge is 0.326 e. The Morgan fingerprint density at radius 1 is 1.12 bits per heavy atom. The molecule has 0 saturated carbocycles. The fraction of sp³-hybridized carbons (Fsp3) is 0.433. The molecule has 1 saturated heterocycles. The highest BCUT2D eigenvalue weighted by molar-refractivity contribution is 5.94. The van der Waals surface area contributed by atoms with Gasteiger partial charge in [-0.1, -0.05) is 19.1 Å². The highest BCUT2D eigenvalue weighted by Crippen LogP contribution is 2.39. The minimum Gasteiger partial charge on any atom is -0.497 e. The third-order valence-electron chi connectivity index (χ3n) is 7.76. The summed E-state index contributed by atoms with van der Waals surface area (Å²) in [5.41, 5.74) is 7.23. The van der Waals surface area contributed by atoms with Crippen molar-refractivity contribution < 1.29 is 28.7 Å². The molecule has 2 aliphatic rings. The summed E-state index contributed by atoms with van der Waals surface area (Å²) in [5, 5.41) is 1.09. The molecule has 2 aliphatic heterocycles. The Morgan fingerprint density at radius 2 is 1.90 bits per heavy atom. The predicted molar refractivity (Wildman–Crippen MR) is 149 cm³/mol. The minimum absolute atomic E-state index is 0.0585. The molecule has 3 aromatic rings. The van der Waals surface area contributed by atoms with Crippen LogP contribution in [0.4, 0.5) is 4.79 Å². The van der Waals surface area contributed by atoms with E-state index in [1.54, 1.807) is 24.1 Å². The molecule has 1 N–H and O–H groups in total. The van der Waals surface area contributed by atoms with Crippen LogP contribution in [0.1, 0.15) is 66.2 Å². The number of methoxy groups -OCH3 is 1. The largest absolute Gasteiger partial charge is 0.497 e. The summed E-state index contributed by atoms with van der Waals surface area (Å²) in [6.07, 6.45) is 2.36. The van der Waals surface area contributed by atoms with Crippen molar-refractivity contribution in [2.24, 2.45) is 0 Å². The van der Waals surface area contributed by atoms with E-state index in [9.17, 15) is 14.4 Å². The molecule has 3 heterocycles. The average Bonchev–Trinajstić information content (AvgIpc) is 3.28. The second-order valence-corrected chi connectivity index (χ2v) is 10.5. The molecular formula is C30H36N4O6. The molecule has 1 fully saturated rings. The van der Waals surface area contributed by atoms with Crippen LogP contribution in [0.5, 0.6) is 5.75 Å². The van der Waals surface area contributed by atoms with Gasteiger partial charge in [0, 0.05) is 68.2 Å². The molecule has 5 rings (SSSR count). The van der Waals surface area contributed by atoms with E-state index in [1.165, 1.54) is 19.5 Å². The van der Waals surface area contributed by atoms with Crippen LogP contribution in [0.2, 0.25) is 0 Å². The van der Waals surface area contributed by atoms with E-state index in [0.29, 0.717) is 31.8 Å². The monoisotopic (exact) mass is 548 g/mol. The zero-order chi connectivity index (χ0) is 28.4. The van der Waals surface area contributed by atoms with Gasteiger partial charge in [-0.25, -0.2) is 15.1 Å². The Labute approximate surface area is 233 Å². The Morgan fingerprint density at radius 3 is 2.58 bits per heavy atom. The van der Waals surface area contributed by atoms with Gasteiger partial charge in [-0.2, -0.15) is 0 Å². The molecule has 10 nitrogen and oxygen atoms in total. The van der Waals surface area contributed by atoms with E-state index in [-0.39, 0.29) is 23.8 Å². The second kappa shape index (κ2) is 11.7. The van der Waals surface area contributed by atoms with Gasteiger partial charge in [0.2, 0.25) is 5.91 Å². The molecular weight excluding hydrogens is 512 g/mol. The van der Waals surface area contributed by atoms with E-state index in [1.807, 2.05) is 30.3 Å². The molecule has 0 radical (unpaired) electrons. The maximum Gasteiger partial charge on any atom is 0.326 e. The maximum atomic E-state index is 13.1. The van der Waals surface area contributed by atoms with Gasteiger partial charge in [-0.15, -0.1) is 0 Å². The Balaban J connectivity index is 1.41. The number of benzene rings is 2. The summed E-state index contributed by atoms with van der Waals surface area (Å²) < 4.78 is 13.2. The van der Waals surface area contributed by atoms with Gasteiger partial charge in [0.25, 0.3) is 5.91 Å². The first-order valence-corrected chi connectivity index (χ1v) is 13.7. The number of amides is 4. The van der Waals surface area contributed by atoms with E-state index in [0.717, 1.165) is 52.1 Å². The average molecular weight is 549 g/mol. The molecule has 2 atom stereocenters. The Hall–Kier alpha value is -3.89. The van der Waals surface area contributed by atoms with Crippen molar-refractivity contribution in [3.63, 3.8) is 0 Å². The maximum absolute atomic E-state index is 13.1. The first-order valence-electron chi connectivity index (χ1n) is 13.7. The van der Waals surface area contributed by atoms with Gasteiger partial charge in [-0.3, -0.25) is 14.5 Å². The van der Waals surface area contributed by atoms with Crippen molar-refractivity contribution in [1.82, 2.24) is 19.8 Å². The van der Waals surface area contributed by atoms with Crippen LogP contribution in [-0.4, -0.2) is 65.8 Å². The Kier molecular flexibility index (Phi) is 8.09. The first kappa shape index (κ1) is 27.7. The number of rotatable bonds is 6. The second-order valence-electron chi connectivity index (χ2n) is 10.5. The van der Waals surface area contributed by atoms with Gasteiger partial charge >= 0.3 is 6.03 Å². The third kappa shape index (κ3) is 5.55. The molecule has 0 spiro atoms. The van der Waals surface area contributed by atoms with E-state index in [4.69, 9.17) is 14.3 Å². The van der Waals surface area contributed by atoms with Crippen LogP contribution in [0, 0.1) is 0 Å². The fourth-order valence-electron chi connectivity index (χ4n) is 5.53. The van der Waals surface area contributed by atoms with Gasteiger partial charge in [0.15, 0.2) is 6.29 Å². The number of carbonyl (C=O) groups is 3. The minimum atomic E-state index is -0.409. The lowest BCUT2D eigenvalue weighted by Gasteiger charge is -2.34. The summed E-state index contributed by atoms with van der Waals surface area (Å²) in [6, 6.07) is 13.1. The van der Waals surface area contributed by atoms with Crippen LogP contribution in [-0.2, 0) is 27.5 Å². The molecule has 40 heavy (non-hydrogen) atoms. The normalized spacial score (nSPS) is 18.8. The number of nitrogens with one attached hydrogen (secondary N) is 1.